The number of nitrogens with one attached hydrogen (secondary N) is 1. The lowest BCUT2D eigenvalue weighted by atomic mass is 10.2. The molecule has 1 N–H and O–H groups in total. The van der Waals surface area contributed by atoms with Gasteiger partial charge in [-0.2, -0.15) is 0 Å². The maximum absolute atomic E-state index is 7.13. The van der Waals surface area contributed by atoms with Gasteiger partial charge < -0.3 is 14.8 Å². The van der Waals surface area contributed by atoms with E-state index in [1.54, 1.807) is 6.33 Å². The van der Waals surface area contributed by atoms with Crippen LogP contribution in [0.2, 0.25) is 0 Å². The van der Waals surface area contributed by atoms with Gasteiger partial charge in [0.05, 0.1) is 12.0 Å². The minimum atomic E-state index is 0.388. The highest BCUT2D eigenvalue weighted by Crippen LogP contribution is 2.33. The summed E-state index contributed by atoms with van der Waals surface area (Å²) in [7, 11) is 2.11. The van der Waals surface area contributed by atoms with Crippen LogP contribution in [0.5, 0.6) is 0 Å². The fraction of sp³-hybridized carbons (Fsp3) is 0.278. The standard InChI is InChI=1S/C18H17BrN6/c1-20-12-3-4-16(15(19)9-12)24(2)13-6-8-25(10-13)18-14-5-7-21-17(14)22-11-23-18/h3-5,7,9,11,13H,6,8,10H2,2H3,(H,21,22,23)/t13-/m1/s1. The summed E-state index contributed by atoms with van der Waals surface area (Å²) >= 11 is 3.60. The van der Waals surface area contributed by atoms with Gasteiger partial charge in [-0.3, -0.25) is 0 Å². The third-order valence-electron chi connectivity index (χ3n) is 4.78. The molecule has 126 valence electrons. The number of aromatic amines is 1. The van der Waals surface area contributed by atoms with Crippen molar-refractivity contribution in [3.05, 3.63) is 52.7 Å². The number of benzene rings is 1. The monoisotopic (exact) mass is 396 g/mol. The molecule has 0 aliphatic carbocycles. The molecule has 0 saturated carbocycles. The highest BCUT2D eigenvalue weighted by Gasteiger charge is 2.28. The van der Waals surface area contributed by atoms with Gasteiger partial charge in [0.15, 0.2) is 5.69 Å². The van der Waals surface area contributed by atoms with Crippen molar-refractivity contribution in [1.82, 2.24) is 15.0 Å². The first-order valence-corrected chi connectivity index (χ1v) is 8.89. The van der Waals surface area contributed by atoms with E-state index in [0.717, 1.165) is 46.5 Å². The third-order valence-corrected chi connectivity index (χ3v) is 5.42. The summed E-state index contributed by atoms with van der Waals surface area (Å²) in [6, 6.07) is 8.17. The van der Waals surface area contributed by atoms with Gasteiger partial charge in [-0.25, -0.2) is 14.8 Å². The number of H-pyrrole nitrogens is 1. The fourth-order valence-electron chi connectivity index (χ4n) is 3.41. The first-order valence-electron chi connectivity index (χ1n) is 8.10. The first-order chi connectivity index (χ1) is 12.2. The molecule has 3 heterocycles. The van der Waals surface area contributed by atoms with Crippen LogP contribution in [0.25, 0.3) is 15.9 Å². The molecule has 3 aromatic rings. The van der Waals surface area contributed by atoms with Crippen molar-refractivity contribution in [2.24, 2.45) is 0 Å². The molecule has 0 unspecified atom stereocenters. The van der Waals surface area contributed by atoms with Crippen LogP contribution in [0, 0.1) is 6.57 Å². The van der Waals surface area contributed by atoms with Crippen LogP contribution in [0.1, 0.15) is 6.42 Å². The molecule has 7 heteroatoms. The van der Waals surface area contributed by atoms with E-state index in [2.05, 4.69) is 52.6 Å². The minimum absolute atomic E-state index is 0.388. The number of hydrogen-bond acceptors (Lipinski definition) is 4. The molecule has 1 saturated heterocycles. The predicted octanol–water partition coefficient (Wildman–Crippen LogP) is 3.99. The van der Waals surface area contributed by atoms with Gasteiger partial charge in [0.1, 0.15) is 17.8 Å². The summed E-state index contributed by atoms with van der Waals surface area (Å²) in [5.41, 5.74) is 2.63. The quantitative estimate of drug-likeness (QED) is 0.680. The molecule has 2 aromatic heterocycles. The Morgan fingerprint density at radius 1 is 1.36 bits per heavy atom. The number of halogens is 1. The number of fused-ring (bicyclic) bond motifs is 1. The molecule has 0 bridgehead atoms. The molecule has 0 radical (unpaired) electrons. The van der Waals surface area contributed by atoms with E-state index in [1.807, 2.05) is 30.5 Å². The second-order valence-corrected chi connectivity index (χ2v) is 7.04. The lowest BCUT2D eigenvalue weighted by molar-refractivity contribution is 0.691. The van der Waals surface area contributed by atoms with E-state index in [-0.39, 0.29) is 0 Å². The molecular formula is C18H17BrN6. The van der Waals surface area contributed by atoms with Gasteiger partial charge in [-0.05, 0) is 40.5 Å². The number of likely N-dealkylation sites (N-methyl/N-ethyl adjacent to an activating group) is 1. The van der Waals surface area contributed by atoms with Crippen molar-refractivity contribution < 1.29 is 0 Å². The molecule has 1 aliphatic heterocycles. The summed E-state index contributed by atoms with van der Waals surface area (Å²) in [6.45, 7) is 9.00. The average Bonchev–Trinajstić information content (AvgIpc) is 3.30. The first kappa shape index (κ1) is 15.9. The van der Waals surface area contributed by atoms with E-state index in [4.69, 9.17) is 6.57 Å². The fourth-order valence-corrected chi connectivity index (χ4v) is 4.06. The molecular weight excluding hydrogens is 380 g/mol. The van der Waals surface area contributed by atoms with Crippen molar-refractivity contribution >= 4 is 44.2 Å². The second-order valence-electron chi connectivity index (χ2n) is 6.18. The third kappa shape index (κ3) is 2.83. The largest absolute Gasteiger partial charge is 0.369 e. The van der Waals surface area contributed by atoms with E-state index in [0.29, 0.717) is 11.7 Å². The van der Waals surface area contributed by atoms with E-state index >= 15 is 0 Å². The SMILES string of the molecule is [C-]#[N+]c1ccc(N(C)[C@@H]2CCN(c3ncnc4[nH]ccc34)C2)c(Br)c1. The van der Waals surface area contributed by atoms with Crippen LogP contribution in [0.4, 0.5) is 17.2 Å². The summed E-state index contributed by atoms with van der Waals surface area (Å²) < 4.78 is 0.956. The lowest BCUT2D eigenvalue weighted by Gasteiger charge is -2.28. The molecule has 6 nitrogen and oxygen atoms in total. The average molecular weight is 397 g/mol. The van der Waals surface area contributed by atoms with Crippen molar-refractivity contribution in [3.63, 3.8) is 0 Å². The van der Waals surface area contributed by atoms with Gasteiger partial charge in [0, 0.05) is 42.5 Å². The maximum Gasteiger partial charge on any atom is 0.188 e. The van der Waals surface area contributed by atoms with Crippen LogP contribution < -0.4 is 9.80 Å². The second kappa shape index (κ2) is 6.37. The molecule has 4 rings (SSSR count). The van der Waals surface area contributed by atoms with Crippen molar-refractivity contribution in [2.45, 2.75) is 12.5 Å². The molecule has 0 amide bonds. The highest BCUT2D eigenvalue weighted by molar-refractivity contribution is 9.10. The minimum Gasteiger partial charge on any atom is -0.369 e. The van der Waals surface area contributed by atoms with Gasteiger partial charge in [-0.15, -0.1) is 0 Å². The summed E-state index contributed by atoms with van der Waals surface area (Å²) in [6.07, 6.45) is 4.58. The van der Waals surface area contributed by atoms with Gasteiger partial charge in [0.2, 0.25) is 0 Å². The van der Waals surface area contributed by atoms with Gasteiger partial charge in [0.25, 0.3) is 0 Å². The smallest absolute Gasteiger partial charge is 0.188 e. The molecule has 25 heavy (non-hydrogen) atoms. The van der Waals surface area contributed by atoms with E-state index in [9.17, 15) is 0 Å². The summed E-state index contributed by atoms with van der Waals surface area (Å²) in [4.78, 5) is 20.0. The molecule has 1 aliphatic rings. The number of nitrogens with zero attached hydrogens (tertiary/aromatic N) is 5. The molecule has 1 atom stereocenters. The Labute approximate surface area is 154 Å². The van der Waals surface area contributed by atoms with Crippen LogP contribution in [0.15, 0.2) is 41.3 Å². The summed E-state index contributed by atoms with van der Waals surface area (Å²) in [5.74, 6) is 0.990. The van der Waals surface area contributed by atoms with Crippen LogP contribution in [-0.4, -0.2) is 41.1 Å². The van der Waals surface area contributed by atoms with Crippen LogP contribution in [-0.2, 0) is 0 Å². The topological polar surface area (TPSA) is 52.4 Å². The number of anilines is 2. The molecule has 0 spiro atoms. The normalized spacial score (nSPS) is 17.0. The highest BCUT2D eigenvalue weighted by atomic mass is 79.9. The zero-order valence-corrected chi connectivity index (χ0v) is 15.4. The van der Waals surface area contributed by atoms with E-state index < -0.39 is 0 Å². The van der Waals surface area contributed by atoms with Crippen LogP contribution in [0.3, 0.4) is 0 Å². The zero-order chi connectivity index (χ0) is 17.4. The maximum atomic E-state index is 7.13. The molecule has 1 aromatic carbocycles. The Morgan fingerprint density at radius 3 is 3.04 bits per heavy atom. The Kier molecular flexibility index (Phi) is 4.06. The van der Waals surface area contributed by atoms with Gasteiger partial charge in [-0.1, -0.05) is 6.07 Å². The van der Waals surface area contributed by atoms with Crippen molar-refractivity contribution in [3.8, 4) is 0 Å². The predicted molar refractivity (Wildman–Crippen MR) is 103 cm³/mol. The van der Waals surface area contributed by atoms with Crippen molar-refractivity contribution in [2.75, 3.05) is 29.9 Å². The number of aromatic nitrogens is 3. The Morgan fingerprint density at radius 2 is 2.24 bits per heavy atom. The van der Waals surface area contributed by atoms with Gasteiger partial charge >= 0.3 is 0 Å². The number of rotatable bonds is 3. The van der Waals surface area contributed by atoms with E-state index in [1.165, 1.54) is 0 Å². The lowest BCUT2D eigenvalue weighted by Crippen LogP contribution is -2.35. The van der Waals surface area contributed by atoms with Crippen molar-refractivity contribution in [1.29, 1.82) is 0 Å². The summed E-state index contributed by atoms with van der Waals surface area (Å²) in [5, 5.41) is 1.06. The Balaban J connectivity index is 1.56. The Hall–Kier alpha value is -2.59. The molecule has 1 fully saturated rings. The Bertz CT molecular complexity index is 960. The zero-order valence-electron chi connectivity index (χ0n) is 13.8. The van der Waals surface area contributed by atoms with Crippen LogP contribution >= 0.6 is 15.9 Å². The number of hydrogen-bond donors (Lipinski definition) is 1.